The molecule has 19 heavy (non-hydrogen) atoms. The topological polar surface area (TPSA) is 52.1 Å². The van der Waals surface area contributed by atoms with Crippen LogP contribution in [0.2, 0.25) is 0 Å². The quantitative estimate of drug-likeness (QED) is 0.792. The molecule has 0 saturated heterocycles. The Kier molecular flexibility index (Phi) is 4.85. The average molecular weight is 276 g/mol. The molecule has 0 radical (unpaired) electrons. The third kappa shape index (κ3) is 3.65. The Morgan fingerprint density at radius 3 is 2.53 bits per heavy atom. The van der Waals surface area contributed by atoms with E-state index in [2.05, 4.69) is 14.7 Å². The smallest absolute Gasteiger partial charge is 0.434 e. The van der Waals surface area contributed by atoms with E-state index in [1.165, 1.54) is 6.92 Å². The molecule has 1 rings (SSSR count). The third-order valence-electron chi connectivity index (χ3n) is 2.62. The van der Waals surface area contributed by atoms with Crippen LogP contribution in [0.3, 0.4) is 0 Å². The van der Waals surface area contributed by atoms with E-state index in [0.29, 0.717) is 6.42 Å². The molecule has 0 amide bonds. The van der Waals surface area contributed by atoms with Crippen LogP contribution in [-0.2, 0) is 10.9 Å². The van der Waals surface area contributed by atoms with E-state index >= 15 is 0 Å². The molecule has 1 heterocycles. The van der Waals surface area contributed by atoms with Crippen LogP contribution in [0.4, 0.5) is 13.2 Å². The van der Waals surface area contributed by atoms with Crippen LogP contribution in [0.25, 0.3) is 0 Å². The standard InChI is InChI=1S/C12H15F3N2O2/c1-4-7(3)10-16-6-8(11(18)19-5-2)9(17-10)12(13,14)15/h6-7H,4-5H2,1-3H3. The molecule has 4 nitrogen and oxygen atoms in total. The predicted octanol–water partition coefficient (Wildman–Crippen LogP) is 3.19. The third-order valence-corrected chi connectivity index (χ3v) is 2.62. The molecule has 1 atom stereocenters. The first-order valence-corrected chi connectivity index (χ1v) is 5.92. The van der Waals surface area contributed by atoms with E-state index in [4.69, 9.17) is 0 Å². The number of ether oxygens (including phenoxy) is 1. The predicted molar refractivity (Wildman–Crippen MR) is 61.7 cm³/mol. The van der Waals surface area contributed by atoms with Crippen molar-refractivity contribution in [2.75, 3.05) is 6.61 Å². The monoisotopic (exact) mass is 276 g/mol. The highest BCUT2D eigenvalue weighted by molar-refractivity contribution is 5.90. The summed E-state index contributed by atoms with van der Waals surface area (Å²) in [7, 11) is 0. The minimum absolute atomic E-state index is 0.0107. The van der Waals surface area contributed by atoms with Gasteiger partial charge >= 0.3 is 12.1 Å². The van der Waals surface area contributed by atoms with Crippen LogP contribution < -0.4 is 0 Å². The number of esters is 1. The van der Waals surface area contributed by atoms with Crippen molar-refractivity contribution in [3.05, 3.63) is 23.3 Å². The Morgan fingerprint density at radius 1 is 1.42 bits per heavy atom. The van der Waals surface area contributed by atoms with Crippen molar-refractivity contribution < 1.29 is 22.7 Å². The van der Waals surface area contributed by atoms with Gasteiger partial charge in [-0.25, -0.2) is 14.8 Å². The van der Waals surface area contributed by atoms with Crippen molar-refractivity contribution in [1.82, 2.24) is 9.97 Å². The van der Waals surface area contributed by atoms with Gasteiger partial charge in [0, 0.05) is 12.1 Å². The summed E-state index contributed by atoms with van der Waals surface area (Å²) in [5.74, 6) is -1.20. The zero-order chi connectivity index (χ0) is 14.6. The summed E-state index contributed by atoms with van der Waals surface area (Å²) in [4.78, 5) is 18.8. The number of rotatable bonds is 4. The molecule has 0 aliphatic heterocycles. The van der Waals surface area contributed by atoms with E-state index in [9.17, 15) is 18.0 Å². The fraction of sp³-hybridized carbons (Fsp3) is 0.583. The fourth-order valence-corrected chi connectivity index (χ4v) is 1.39. The maximum atomic E-state index is 12.9. The van der Waals surface area contributed by atoms with Gasteiger partial charge in [0.15, 0.2) is 5.69 Å². The second-order valence-corrected chi connectivity index (χ2v) is 4.02. The number of alkyl halides is 3. The minimum atomic E-state index is -4.72. The zero-order valence-corrected chi connectivity index (χ0v) is 10.9. The minimum Gasteiger partial charge on any atom is -0.462 e. The highest BCUT2D eigenvalue weighted by atomic mass is 19.4. The van der Waals surface area contributed by atoms with Crippen molar-refractivity contribution in [2.24, 2.45) is 0 Å². The molecule has 0 bridgehead atoms. The van der Waals surface area contributed by atoms with Crippen molar-refractivity contribution in [3.8, 4) is 0 Å². The Morgan fingerprint density at radius 2 is 2.05 bits per heavy atom. The molecular weight excluding hydrogens is 261 g/mol. The molecule has 0 saturated carbocycles. The summed E-state index contributed by atoms with van der Waals surface area (Å²) in [6.45, 7) is 5.04. The summed E-state index contributed by atoms with van der Waals surface area (Å²) in [6.07, 6.45) is -3.22. The van der Waals surface area contributed by atoms with Crippen molar-refractivity contribution >= 4 is 5.97 Å². The number of nitrogens with zero attached hydrogens (tertiary/aromatic N) is 2. The largest absolute Gasteiger partial charge is 0.462 e. The van der Waals surface area contributed by atoms with Crippen LogP contribution >= 0.6 is 0 Å². The Hall–Kier alpha value is -1.66. The first kappa shape index (κ1) is 15.4. The molecule has 0 fully saturated rings. The van der Waals surface area contributed by atoms with Crippen molar-refractivity contribution in [1.29, 1.82) is 0 Å². The normalized spacial score (nSPS) is 13.2. The molecule has 0 aliphatic rings. The fourth-order valence-electron chi connectivity index (χ4n) is 1.39. The highest BCUT2D eigenvalue weighted by Crippen LogP contribution is 2.31. The zero-order valence-electron chi connectivity index (χ0n) is 10.9. The first-order valence-electron chi connectivity index (χ1n) is 5.92. The van der Waals surface area contributed by atoms with Gasteiger partial charge in [-0.3, -0.25) is 0 Å². The Bertz CT molecular complexity index is 461. The molecular formula is C12H15F3N2O2. The second-order valence-electron chi connectivity index (χ2n) is 4.02. The highest BCUT2D eigenvalue weighted by Gasteiger charge is 2.38. The van der Waals surface area contributed by atoms with Gasteiger partial charge in [0.05, 0.1) is 6.61 Å². The average Bonchev–Trinajstić information content (AvgIpc) is 2.36. The molecule has 106 valence electrons. The molecule has 0 aliphatic carbocycles. The maximum Gasteiger partial charge on any atom is 0.434 e. The molecule has 0 N–H and O–H groups in total. The summed E-state index contributed by atoms with van der Waals surface area (Å²) >= 11 is 0. The van der Waals surface area contributed by atoms with Crippen LogP contribution in [0.5, 0.6) is 0 Å². The summed E-state index contributed by atoms with van der Waals surface area (Å²) in [5, 5.41) is 0. The van der Waals surface area contributed by atoms with Gasteiger partial charge in [-0.15, -0.1) is 0 Å². The number of hydrogen-bond donors (Lipinski definition) is 0. The van der Waals surface area contributed by atoms with Gasteiger partial charge in [-0.2, -0.15) is 13.2 Å². The second kappa shape index (κ2) is 5.99. The Balaban J connectivity index is 3.29. The number of aromatic nitrogens is 2. The van der Waals surface area contributed by atoms with Crippen molar-refractivity contribution in [3.63, 3.8) is 0 Å². The van der Waals surface area contributed by atoms with Crippen LogP contribution in [0, 0.1) is 0 Å². The molecule has 0 spiro atoms. The van der Waals surface area contributed by atoms with E-state index < -0.39 is 23.4 Å². The lowest BCUT2D eigenvalue weighted by Crippen LogP contribution is -2.19. The summed E-state index contributed by atoms with van der Waals surface area (Å²) in [6, 6.07) is 0. The lowest BCUT2D eigenvalue weighted by Gasteiger charge is -2.14. The molecule has 1 aromatic heterocycles. The van der Waals surface area contributed by atoms with Crippen LogP contribution in [0.15, 0.2) is 6.20 Å². The molecule has 0 aromatic carbocycles. The van der Waals surface area contributed by atoms with Gasteiger partial charge in [0.2, 0.25) is 0 Å². The lowest BCUT2D eigenvalue weighted by atomic mass is 10.1. The number of carbonyl (C=O) groups excluding carboxylic acids is 1. The van der Waals surface area contributed by atoms with Crippen LogP contribution in [0.1, 0.15) is 55.0 Å². The van der Waals surface area contributed by atoms with Crippen molar-refractivity contribution in [2.45, 2.75) is 39.3 Å². The van der Waals surface area contributed by atoms with Gasteiger partial charge in [0.25, 0.3) is 0 Å². The van der Waals surface area contributed by atoms with Crippen LogP contribution in [-0.4, -0.2) is 22.5 Å². The van der Waals surface area contributed by atoms with Gasteiger partial charge in [0.1, 0.15) is 11.4 Å². The summed E-state index contributed by atoms with van der Waals surface area (Å²) < 4.78 is 43.3. The van der Waals surface area contributed by atoms with E-state index in [-0.39, 0.29) is 18.3 Å². The van der Waals surface area contributed by atoms with E-state index in [1.54, 1.807) is 6.92 Å². The van der Waals surface area contributed by atoms with E-state index in [0.717, 1.165) is 6.20 Å². The maximum absolute atomic E-state index is 12.9. The molecule has 1 aromatic rings. The van der Waals surface area contributed by atoms with E-state index in [1.807, 2.05) is 6.92 Å². The van der Waals surface area contributed by atoms with Gasteiger partial charge in [-0.1, -0.05) is 13.8 Å². The summed E-state index contributed by atoms with van der Waals surface area (Å²) in [5.41, 5.74) is -1.89. The SMILES string of the molecule is CCOC(=O)c1cnc(C(C)CC)nc1C(F)(F)F. The molecule has 1 unspecified atom stereocenters. The number of halogens is 3. The van der Waals surface area contributed by atoms with Gasteiger partial charge in [-0.05, 0) is 13.3 Å². The lowest BCUT2D eigenvalue weighted by molar-refractivity contribution is -0.142. The van der Waals surface area contributed by atoms with Gasteiger partial charge < -0.3 is 4.74 Å². The first-order chi connectivity index (χ1) is 8.81. The number of carbonyl (C=O) groups is 1. The Labute approximate surface area is 109 Å². The number of hydrogen-bond acceptors (Lipinski definition) is 4. The molecule has 7 heteroatoms.